The highest BCUT2D eigenvalue weighted by molar-refractivity contribution is 5.93. The Kier molecular flexibility index (Phi) is 3.75. The van der Waals surface area contributed by atoms with E-state index in [1.807, 2.05) is 0 Å². The van der Waals surface area contributed by atoms with Crippen molar-refractivity contribution in [3.05, 3.63) is 33.7 Å². The van der Waals surface area contributed by atoms with Gasteiger partial charge >= 0.3 is 0 Å². The van der Waals surface area contributed by atoms with E-state index in [4.69, 9.17) is 0 Å². The minimum atomic E-state index is -0.790. The summed E-state index contributed by atoms with van der Waals surface area (Å²) in [6.07, 6.45) is 3.41. The zero-order valence-electron chi connectivity index (χ0n) is 11.4. The third kappa shape index (κ3) is 3.04. The number of amides is 1. The van der Waals surface area contributed by atoms with Gasteiger partial charge in [-0.2, -0.15) is 0 Å². The molecule has 104 valence electrons. The molecular weight excluding hydrogens is 244 g/mol. The second-order valence-electron chi connectivity index (χ2n) is 5.48. The molecule has 0 spiro atoms. The van der Waals surface area contributed by atoms with Crippen LogP contribution in [0.15, 0.2) is 16.9 Å². The molecule has 5 nitrogen and oxygen atoms in total. The smallest absolute Gasteiger partial charge is 0.260 e. The molecule has 0 aromatic carbocycles. The second kappa shape index (κ2) is 5.17. The summed E-state index contributed by atoms with van der Waals surface area (Å²) in [5.74, 6) is -0.346. The highest BCUT2D eigenvalue weighted by Crippen LogP contribution is 2.30. The van der Waals surface area contributed by atoms with E-state index in [0.29, 0.717) is 0 Å². The van der Waals surface area contributed by atoms with E-state index >= 15 is 0 Å². The van der Waals surface area contributed by atoms with Crippen LogP contribution < -0.4 is 5.56 Å². The van der Waals surface area contributed by atoms with Gasteiger partial charge in [-0.25, -0.2) is 0 Å². The fourth-order valence-corrected chi connectivity index (χ4v) is 2.65. The molecule has 19 heavy (non-hydrogen) atoms. The topological polar surface area (TPSA) is 73.4 Å². The quantitative estimate of drug-likeness (QED) is 0.857. The van der Waals surface area contributed by atoms with Crippen LogP contribution in [-0.4, -0.2) is 40.1 Å². The fourth-order valence-electron chi connectivity index (χ4n) is 2.65. The lowest BCUT2D eigenvalue weighted by Gasteiger charge is -2.28. The van der Waals surface area contributed by atoms with E-state index in [9.17, 15) is 14.7 Å². The molecule has 0 saturated heterocycles. The third-order valence-corrected chi connectivity index (χ3v) is 3.70. The van der Waals surface area contributed by atoms with Crippen molar-refractivity contribution in [2.75, 3.05) is 13.6 Å². The standard InChI is InChI=1S/C14H20N2O3/c1-10-5-6-11(12(17)15-10)13(18)16(2)9-14(19)7-3-4-8-14/h5-6,19H,3-4,7-9H2,1-2H3,(H,15,17). The van der Waals surface area contributed by atoms with Gasteiger partial charge in [0.25, 0.3) is 11.5 Å². The average molecular weight is 264 g/mol. The SMILES string of the molecule is Cc1ccc(C(=O)N(C)CC2(O)CCCC2)c(=O)[nH]1. The zero-order chi connectivity index (χ0) is 14.0. The first kappa shape index (κ1) is 13.8. The maximum Gasteiger partial charge on any atom is 0.260 e. The Balaban J connectivity index is 2.12. The Morgan fingerprint density at radius 1 is 1.42 bits per heavy atom. The number of nitrogens with one attached hydrogen (secondary N) is 1. The van der Waals surface area contributed by atoms with Gasteiger partial charge in [0.15, 0.2) is 0 Å². The molecule has 5 heteroatoms. The molecule has 0 radical (unpaired) electrons. The Labute approximate surface area is 112 Å². The van der Waals surface area contributed by atoms with Gasteiger partial charge in [0, 0.05) is 19.3 Å². The van der Waals surface area contributed by atoms with Gasteiger partial charge in [-0.3, -0.25) is 9.59 Å². The summed E-state index contributed by atoms with van der Waals surface area (Å²) in [7, 11) is 1.62. The molecule has 1 heterocycles. The Hall–Kier alpha value is -1.62. The van der Waals surface area contributed by atoms with Gasteiger partial charge in [0.2, 0.25) is 0 Å². The largest absolute Gasteiger partial charge is 0.388 e. The first-order chi connectivity index (χ1) is 8.91. The Bertz CT molecular complexity index is 530. The summed E-state index contributed by atoms with van der Waals surface area (Å²) in [6.45, 7) is 2.04. The number of likely N-dealkylation sites (N-methyl/N-ethyl adjacent to an activating group) is 1. The molecule has 2 N–H and O–H groups in total. The van der Waals surface area contributed by atoms with Crippen LogP contribution in [0.2, 0.25) is 0 Å². The predicted molar refractivity (Wildman–Crippen MR) is 72.2 cm³/mol. The van der Waals surface area contributed by atoms with Crippen molar-refractivity contribution in [2.45, 2.75) is 38.2 Å². The van der Waals surface area contributed by atoms with Crippen LogP contribution in [0.25, 0.3) is 0 Å². The lowest BCUT2D eigenvalue weighted by Crippen LogP contribution is -2.43. The molecular formula is C14H20N2O3. The van der Waals surface area contributed by atoms with E-state index in [1.54, 1.807) is 20.0 Å². The average Bonchev–Trinajstić information content (AvgIpc) is 2.75. The number of hydrogen-bond donors (Lipinski definition) is 2. The number of carbonyl (C=O) groups is 1. The highest BCUT2D eigenvalue weighted by atomic mass is 16.3. The predicted octanol–water partition coefficient (Wildman–Crippen LogP) is 1.06. The number of pyridine rings is 1. The van der Waals surface area contributed by atoms with Crippen molar-refractivity contribution >= 4 is 5.91 Å². The van der Waals surface area contributed by atoms with Crippen LogP contribution in [0.1, 0.15) is 41.7 Å². The summed E-state index contributed by atoms with van der Waals surface area (Å²) < 4.78 is 0. The van der Waals surface area contributed by atoms with Gasteiger partial charge in [0.05, 0.1) is 5.60 Å². The third-order valence-electron chi connectivity index (χ3n) is 3.70. The monoisotopic (exact) mass is 264 g/mol. The molecule has 1 aromatic heterocycles. The van der Waals surface area contributed by atoms with Crippen LogP contribution in [-0.2, 0) is 0 Å². The summed E-state index contributed by atoms with van der Waals surface area (Å²) in [5, 5.41) is 10.3. The number of carbonyl (C=O) groups excluding carboxylic acids is 1. The summed E-state index contributed by atoms with van der Waals surface area (Å²) in [5.41, 5.74) is -0.328. The minimum Gasteiger partial charge on any atom is -0.388 e. The highest BCUT2D eigenvalue weighted by Gasteiger charge is 2.33. The van der Waals surface area contributed by atoms with E-state index in [-0.39, 0.29) is 23.6 Å². The molecule has 1 amide bonds. The molecule has 1 aliphatic rings. The Morgan fingerprint density at radius 2 is 2.05 bits per heavy atom. The van der Waals surface area contributed by atoms with Gasteiger partial charge in [0.1, 0.15) is 5.56 Å². The molecule has 2 rings (SSSR count). The molecule has 1 fully saturated rings. The number of hydrogen-bond acceptors (Lipinski definition) is 3. The van der Waals surface area contributed by atoms with Crippen LogP contribution in [0, 0.1) is 6.92 Å². The molecule has 1 aromatic rings. The van der Waals surface area contributed by atoms with Crippen molar-refractivity contribution in [1.82, 2.24) is 9.88 Å². The van der Waals surface area contributed by atoms with Gasteiger partial charge < -0.3 is 15.0 Å². The number of aromatic nitrogens is 1. The van der Waals surface area contributed by atoms with Crippen molar-refractivity contribution in [1.29, 1.82) is 0 Å². The zero-order valence-corrected chi connectivity index (χ0v) is 11.4. The lowest BCUT2D eigenvalue weighted by atomic mass is 10.0. The summed E-state index contributed by atoms with van der Waals surface area (Å²) in [4.78, 5) is 28.0. The van der Waals surface area contributed by atoms with Crippen molar-refractivity contribution in [3.8, 4) is 0 Å². The van der Waals surface area contributed by atoms with Gasteiger partial charge in [-0.15, -0.1) is 0 Å². The molecule has 0 aliphatic heterocycles. The first-order valence-electron chi connectivity index (χ1n) is 6.59. The normalized spacial score (nSPS) is 17.4. The van der Waals surface area contributed by atoms with Crippen LogP contribution >= 0.6 is 0 Å². The molecule has 1 saturated carbocycles. The second-order valence-corrected chi connectivity index (χ2v) is 5.48. The summed E-state index contributed by atoms with van der Waals surface area (Å²) >= 11 is 0. The number of aromatic amines is 1. The van der Waals surface area contributed by atoms with Crippen molar-refractivity contribution in [3.63, 3.8) is 0 Å². The molecule has 0 bridgehead atoms. The van der Waals surface area contributed by atoms with Crippen molar-refractivity contribution < 1.29 is 9.90 Å². The van der Waals surface area contributed by atoms with E-state index in [0.717, 1.165) is 31.4 Å². The first-order valence-corrected chi connectivity index (χ1v) is 6.59. The van der Waals surface area contributed by atoms with Crippen LogP contribution in [0.4, 0.5) is 0 Å². The number of H-pyrrole nitrogens is 1. The number of aryl methyl sites for hydroxylation is 1. The fraction of sp³-hybridized carbons (Fsp3) is 0.571. The maximum atomic E-state index is 12.2. The number of rotatable bonds is 3. The van der Waals surface area contributed by atoms with Crippen molar-refractivity contribution in [2.24, 2.45) is 0 Å². The van der Waals surface area contributed by atoms with E-state index in [2.05, 4.69) is 4.98 Å². The number of nitrogens with zero attached hydrogens (tertiary/aromatic N) is 1. The molecule has 0 atom stereocenters. The minimum absolute atomic E-state index is 0.120. The maximum absolute atomic E-state index is 12.2. The summed E-state index contributed by atoms with van der Waals surface area (Å²) in [6, 6.07) is 3.23. The van der Waals surface area contributed by atoms with Gasteiger partial charge in [-0.1, -0.05) is 12.8 Å². The molecule has 1 aliphatic carbocycles. The van der Waals surface area contributed by atoms with Crippen LogP contribution in [0.3, 0.4) is 0 Å². The lowest BCUT2D eigenvalue weighted by molar-refractivity contribution is 0.0156. The Morgan fingerprint density at radius 3 is 2.63 bits per heavy atom. The van der Waals surface area contributed by atoms with Crippen LogP contribution in [0.5, 0.6) is 0 Å². The molecule has 0 unspecified atom stereocenters. The van der Waals surface area contributed by atoms with E-state index in [1.165, 1.54) is 11.0 Å². The van der Waals surface area contributed by atoms with E-state index < -0.39 is 5.60 Å². The number of aliphatic hydroxyl groups is 1. The van der Waals surface area contributed by atoms with Gasteiger partial charge in [-0.05, 0) is 31.9 Å².